The summed E-state index contributed by atoms with van der Waals surface area (Å²) in [5, 5.41) is 3.01. The van der Waals surface area contributed by atoms with Crippen LogP contribution in [0.25, 0.3) is 0 Å². The summed E-state index contributed by atoms with van der Waals surface area (Å²) < 4.78 is 10.6. The van der Waals surface area contributed by atoms with Crippen LogP contribution in [-0.2, 0) is 22.6 Å². The van der Waals surface area contributed by atoms with E-state index < -0.39 is 0 Å². The zero-order chi connectivity index (χ0) is 23.8. The van der Waals surface area contributed by atoms with E-state index in [0.29, 0.717) is 31.0 Å². The van der Waals surface area contributed by atoms with Crippen LogP contribution in [0.5, 0.6) is 11.5 Å². The molecule has 1 heterocycles. The molecule has 1 saturated heterocycles. The van der Waals surface area contributed by atoms with Gasteiger partial charge >= 0.3 is 0 Å². The molecule has 0 saturated carbocycles. The fraction of sp³-hybridized carbons (Fsp3) is 0.462. The second-order valence-corrected chi connectivity index (χ2v) is 8.33. The van der Waals surface area contributed by atoms with Crippen molar-refractivity contribution < 1.29 is 19.1 Å². The number of hydrogen-bond donors (Lipinski definition) is 1. The molecular formula is C26H35N3O4. The molecule has 0 radical (unpaired) electrons. The smallest absolute Gasteiger partial charge is 0.229 e. The van der Waals surface area contributed by atoms with Gasteiger partial charge in [0.1, 0.15) is 0 Å². The van der Waals surface area contributed by atoms with E-state index in [1.54, 1.807) is 19.1 Å². The lowest BCUT2D eigenvalue weighted by molar-refractivity contribution is -0.128. The number of carbonyl (C=O) groups is 2. The maximum Gasteiger partial charge on any atom is 0.229 e. The number of hydrogen-bond acceptors (Lipinski definition) is 5. The summed E-state index contributed by atoms with van der Waals surface area (Å²) in [6.45, 7) is 8.11. The van der Waals surface area contributed by atoms with Crippen molar-refractivity contribution in [3.63, 3.8) is 0 Å². The fourth-order valence-corrected chi connectivity index (χ4v) is 4.16. The molecule has 2 amide bonds. The summed E-state index contributed by atoms with van der Waals surface area (Å²) in [7, 11) is 3.21. The molecule has 0 aliphatic carbocycles. The lowest BCUT2D eigenvalue weighted by Crippen LogP contribution is -2.30. The number of nitrogens with zero attached hydrogens (tertiary/aromatic N) is 2. The molecule has 3 rings (SSSR count). The van der Waals surface area contributed by atoms with Gasteiger partial charge in [-0.05, 0) is 54.9 Å². The predicted molar refractivity (Wildman–Crippen MR) is 130 cm³/mol. The Kier molecular flexibility index (Phi) is 8.72. The van der Waals surface area contributed by atoms with Gasteiger partial charge in [-0.3, -0.25) is 14.5 Å². The SMILES string of the molecule is CCN(CC)Cc1cccc(NC(=O)C2CC(=O)N(CCc3ccc(OC)c(OC)c3)C2)c1. The largest absolute Gasteiger partial charge is 0.493 e. The topological polar surface area (TPSA) is 71.1 Å². The number of ether oxygens (including phenoxy) is 2. The van der Waals surface area contributed by atoms with Crippen LogP contribution in [0, 0.1) is 5.92 Å². The summed E-state index contributed by atoms with van der Waals surface area (Å²) in [6.07, 6.45) is 0.935. The van der Waals surface area contributed by atoms with Crippen LogP contribution >= 0.6 is 0 Å². The second kappa shape index (κ2) is 11.7. The standard InChI is InChI=1S/C26H35N3O4/c1-5-28(6-2)17-20-8-7-9-22(14-20)27-26(31)21-16-25(30)29(18-21)13-12-19-10-11-23(32-3)24(15-19)33-4/h7-11,14-15,21H,5-6,12-13,16-18H2,1-4H3,(H,27,31). The molecule has 0 bridgehead atoms. The average Bonchev–Trinajstić information content (AvgIpc) is 3.21. The van der Waals surface area contributed by atoms with Crippen LogP contribution in [0.15, 0.2) is 42.5 Å². The molecule has 2 aromatic rings. The van der Waals surface area contributed by atoms with E-state index in [1.807, 2.05) is 36.4 Å². The van der Waals surface area contributed by atoms with Gasteiger partial charge in [0, 0.05) is 31.7 Å². The van der Waals surface area contributed by atoms with Gasteiger partial charge in [-0.15, -0.1) is 0 Å². The first-order valence-electron chi connectivity index (χ1n) is 11.6. The van der Waals surface area contributed by atoms with E-state index in [4.69, 9.17) is 9.47 Å². The highest BCUT2D eigenvalue weighted by Crippen LogP contribution is 2.28. The Morgan fingerprint density at radius 1 is 1.06 bits per heavy atom. The number of anilines is 1. The van der Waals surface area contributed by atoms with Crippen LogP contribution in [0.1, 0.15) is 31.4 Å². The molecule has 1 aliphatic rings. The Hall–Kier alpha value is -3.06. The maximum absolute atomic E-state index is 12.8. The van der Waals surface area contributed by atoms with Gasteiger partial charge in [0.25, 0.3) is 0 Å². The van der Waals surface area contributed by atoms with Gasteiger partial charge in [-0.1, -0.05) is 32.0 Å². The minimum absolute atomic E-state index is 0.0194. The van der Waals surface area contributed by atoms with Crippen LogP contribution in [0.4, 0.5) is 5.69 Å². The van der Waals surface area contributed by atoms with Crippen molar-refractivity contribution in [3.05, 3.63) is 53.6 Å². The van der Waals surface area contributed by atoms with Crippen molar-refractivity contribution in [2.75, 3.05) is 45.7 Å². The molecule has 178 valence electrons. The molecule has 1 N–H and O–H groups in total. The molecule has 2 aromatic carbocycles. The Bertz CT molecular complexity index is 958. The number of carbonyl (C=O) groups excluding carboxylic acids is 2. The number of amides is 2. The summed E-state index contributed by atoms with van der Waals surface area (Å²) in [6, 6.07) is 13.7. The van der Waals surface area contributed by atoms with Crippen molar-refractivity contribution in [1.82, 2.24) is 9.80 Å². The van der Waals surface area contributed by atoms with Crippen molar-refractivity contribution in [2.45, 2.75) is 33.2 Å². The molecule has 1 unspecified atom stereocenters. The van der Waals surface area contributed by atoms with E-state index in [9.17, 15) is 9.59 Å². The normalized spacial score (nSPS) is 15.7. The lowest BCUT2D eigenvalue weighted by atomic mass is 10.1. The number of benzene rings is 2. The molecule has 1 atom stereocenters. The quantitative estimate of drug-likeness (QED) is 0.563. The molecule has 1 fully saturated rings. The highest BCUT2D eigenvalue weighted by Gasteiger charge is 2.34. The van der Waals surface area contributed by atoms with E-state index >= 15 is 0 Å². The third kappa shape index (κ3) is 6.48. The molecule has 0 aromatic heterocycles. The zero-order valence-electron chi connectivity index (χ0n) is 20.1. The highest BCUT2D eigenvalue weighted by molar-refractivity contribution is 5.97. The van der Waals surface area contributed by atoms with Gasteiger partial charge < -0.3 is 19.7 Å². The number of rotatable bonds is 11. The lowest BCUT2D eigenvalue weighted by Gasteiger charge is -2.19. The number of likely N-dealkylation sites (tertiary alicyclic amines) is 1. The van der Waals surface area contributed by atoms with Gasteiger partial charge in [0.15, 0.2) is 11.5 Å². The van der Waals surface area contributed by atoms with Crippen LogP contribution in [0.3, 0.4) is 0 Å². The van der Waals surface area contributed by atoms with Gasteiger partial charge in [0.05, 0.1) is 20.1 Å². The summed E-state index contributed by atoms with van der Waals surface area (Å²) >= 11 is 0. The van der Waals surface area contributed by atoms with Crippen molar-refractivity contribution in [1.29, 1.82) is 0 Å². The minimum atomic E-state index is -0.339. The third-order valence-corrected chi connectivity index (χ3v) is 6.20. The Morgan fingerprint density at radius 2 is 1.82 bits per heavy atom. The summed E-state index contributed by atoms with van der Waals surface area (Å²) in [5.41, 5.74) is 3.00. The summed E-state index contributed by atoms with van der Waals surface area (Å²) in [4.78, 5) is 29.5. The van der Waals surface area contributed by atoms with Gasteiger partial charge in [-0.2, -0.15) is 0 Å². The predicted octanol–water partition coefficient (Wildman–Crippen LogP) is 3.58. The molecular weight excluding hydrogens is 418 g/mol. The Labute approximate surface area is 196 Å². The van der Waals surface area contributed by atoms with E-state index in [1.165, 1.54) is 0 Å². The zero-order valence-corrected chi connectivity index (χ0v) is 20.1. The van der Waals surface area contributed by atoms with Crippen LogP contribution in [-0.4, -0.2) is 62.0 Å². The maximum atomic E-state index is 12.8. The summed E-state index contributed by atoms with van der Waals surface area (Å²) in [5.74, 6) is 0.928. The third-order valence-electron chi connectivity index (χ3n) is 6.20. The Morgan fingerprint density at radius 3 is 2.52 bits per heavy atom. The van der Waals surface area contributed by atoms with Crippen molar-refractivity contribution in [3.8, 4) is 11.5 Å². The average molecular weight is 454 g/mol. The Balaban J connectivity index is 1.55. The van der Waals surface area contributed by atoms with Crippen molar-refractivity contribution >= 4 is 17.5 Å². The van der Waals surface area contributed by atoms with Crippen molar-refractivity contribution in [2.24, 2.45) is 5.92 Å². The first kappa shape index (κ1) is 24.6. The minimum Gasteiger partial charge on any atom is -0.493 e. The van der Waals surface area contributed by atoms with Gasteiger partial charge in [0.2, 0.25) is 11.8 Å². The first-order valence-corrected chi connectivity index (χ1v) is 11.6. The molecule has 33 heavy (non-hydrogen) atoms. The first-order chi connectivity index (χ1) is 16.0. The van der Waals surface area contributed by atoms with Gasteiger partial charge in [-0.25, -0.2) is 0 Å². The van der Waals surface area contributed by atoms with E-state index in [2.05, 4.69) is 30.1 Å². The van der Waals surface area contributed by atoms with E-state index in [0.717, 1.165) is 36.4 Å². The highest BCUT2D eigenvalue weighted by atomic mass is 16.5. The van der Waals surface area contributed by atoms with Crippen LogP contribution in [0.2, 0.25) is 0 Å². The number of nitrogens with one attached hydrogen (secondary N) is 1. The monoisotopic (exact) mass is 453 g/mol. The molecule has 0 spiro atoms. The molecule has 1 aliphatic heterocycles. The molecule has 7 nitrogen and oxygen atoms in total. The number of methoxy groups -OCH3 is 2. The van der Waals surface area contributed by atoms with E-state index in [-0.39, 0.29) is 24.2 Å². The fourth-order valence-electron chi connectivity index (χ4n) is 4.16. The molecule has 7 heteroatoms. The second-order valence-electron chi connectivity index (χ2n) is 8.33. The van der Waals surface area contributed by atoms with Crippen LogP contribution < -0.4 is 14.8 Å².